The lowest BCUT2D eigenvalue weighted by molar-refractivity contribution is -0.125. The van der Waals surface area contributed by atoms with Crippen LogP contribution < -0.4 is 11.3 Å². The summed E-state index contributed by atoms with van der Waals surface area (Å²) in [6.45, 7) is 5.44. The number of fused-ring (bicyclic) bond motifs is 3. The highest BCUT2D eigenvalue weighted by molar-refractivity contribution is 6.31. The number of nitrogens with zero attached hydrogens (tertiary/aromatic N) is 1. The van der Waals surface area contributed by atoms with Gasteiger partial charge < -0.3 is 4.57 Å². The van der Waals surface area contributed by atoms with Crippen LogP contribution in [0.2, 0.25) is 5.02 Å². The molecule has 1 atom stereocenters. The van der Waals surface area contributed by atoms with Gasteiger partial charge in [-0.3, -0.25) is 10.2 Å². The Balaban J connectivity index is 2.12. The average molecular weight is 320 g/mol. The summed E-state index contributed by atoms with van der Waals surface area (Å²) in [6.07, 6.45) is 2.49. The van der Waals surface area contributed by atoms with E-state index in [1.807, 2.05) is 12.1 Å². The van der Waals surface area contributed by atoms with E-state index in [-0.39, 0.29) is 11.8 Å². The van der Waals surface area contributed by atoms with Crippen molar-refractivity contribution >= 4 is 28.4 Å². The Hall–Kier alpha value is -1.52. The Bertz CT molecular complexity index is 720. The molecule has 1 aromatic heterocycles. The number of halogens is 1. The van der Waals surface area contributed by atoms with Crippen molar-refractivity contribution in [2.24, 2.45) is 17.7 Å². The second kappa shape index (κ2) is 5.94. The fourth-order valence-corrected chi connectivity index (χ4v) is 3.71. The molecule has 1 heterocycles. The quantitative estimate of drug-likeness (QED) is 0.519. The van der Waals surface area contributed by atoms with E-state index in [9.17, 15) is 4.79 Å². The van der Waals surface area contributed by atoms with E-state index in [4.69, 9.17) is 17.4 Å². The van der Waals surface area contributed by atoms with Gasteiger partial charge in [-0.25, -0.2) is 5.84 Å². The Morgan fingerprint density at radius 3 is 2.95 bits per heavy atom. The molecule has 118 valence electrons. The fourth-order valence-electron chi connectivity index (χ4n) is 3.54. The first-order valence-electron chi connectivity index (χ1n) is 7.81. The van der Waals surface area contributed by atoms with Crippen LogP contribution in [0.1, 0.15) is 31.5 Å². The first kappa shape index (κ1) is 15.4. The van der Waals surface area contributed by atoms with Crippen molar-refractivity contribution in [2.75, 3.05) is 0 Å². The van der Waals surface area contributed by atoms with Gasteiger partial charge in [0.1, 0.15) is 0 Å². The number of aromatic nitrogens is 1. The number of rotatable bonds is 3. The van der Waals surface area contributed by atoms with Crippen LogP contribution in [0.15, 0.2) is 18.2 Å². The molecular formula is C17H22ClN3O. The van der Waals surface area contributed by atoms with E-state index in [1.165, 1.54) is 22.2 Å². The first-order chi connectivity index (χ1) is 10.5. The minimum atomic E-state index is -0.0718. The van der Waals surface area contributed by atoms with Crippen LogP contribution in [-0.4, -0.2) is 10.5 Å². The minimum absolute atomic E-state index is 0.0467. The van der Waals surface area contributed by atoms with Crippen molar-refractivity contribution in [1.29, 1.82) is 0 Å². The molecule has 3 N–H and O–H groups in total. The zero-order chi connectivity index (χ0) is 15.9. The van der Waals surface area contributed by atoms with Crippen LogP contribution in [0.4, 0.5) is 0 Å². The summed E-state index contributed by atoms with van der Waals surface area (Å²) in [5, 5.41) is 1.92. The number of benzene rings is 1. The van der Waals surface area contributed by atoms with Gasteiger partial charge in [0.25, 0.3) is 0 Å². The highest BCUT2D eigenvalue weighted by Crippen LogP contribution is 2.36. The van der Waals surface area contributed by atoms with E-state index in [0.29, 0.717) is 5.92 Å². The normalized spacial score (nSPS) is 17.8. The van der Waals surface area contributed by atoms with Gasteiger partial charge in [0, 0.05) is 34.1 Å². The first-order valence-corrected chi connectivity index (χ1v) is 8.19. The molecule has 0 fully saturated rings. The highest BCUT2D eigenvalue weighted by Gasteiger charge is 2.29. The third kappa shape index (κ3) is 2.61. The number of nitrogens with two attached hydrogens (primary N) is 1. The number of nitrogens with one attached hydrogen (secondary N) is 1. The molecule has 1 aliphatic carbocycles. The Morgan fingerprint density at radius 1 is 1.50 bits per heavy atom. The predicted molar refractivity (Wildman–Crippen MR) is 89.6 cm³/mol. The topological polar surface area (TPSA) is 60.0 Å². The molecule has 4 nitrogen and oxygen atoms in total. The Morgan fingerprint density at radius 2 is 2.27 bits per heavy atom. The van der Waals surface area contributed by atoms with Crippen LogP contribution in [0.3, 0.4) is 0 Å². The van der Waals surface area contributed by atoms with Crippen molar-refractivity contribution in [3.05, 3.63) is 34.5 Å². The van der Waals surface area contributed by atoms with E-state index in [0.717, 1.165) is 30.8 Å². The largest absolute Gasteiger partial charge is 0.344 e. The van der Waals surface area contributed by atoms with Crippen LogP contribution in [0, 0.1) is 11.8 Å². The van der Waals surface area contributed by atoms with Gasteiger partial charge in [-0.1, -0.05) is 25.4 Å². The summed E-state index contributed by atoms with van der Waals surface area (Å²) >= 11 is 6.19. The monoisotopic (exact) mass is 319 g/mol. The molecule has 1 amide bonds. The Labute approximate surface area is 135 Å². The number of carbonyl (C=O) groups is 1. The van der Waals surface area contributed by atoms with Gasteiger partial charge >= 0.3 is 0 Å². The summed E-state index contributed by atoms with van der Waals surface area (Å²) < 4.78 is 2.40. The molecule has 0 saturated heterocycles. The molecule has 22 heavy (non-hydrogen) atoms. The smallest absolute Gasteiger partial charge is 0.237 e. The SMILES string of the molecule is CC(C)Cn1c2c(c3cc(Cl)ccc31)CC(C(=O)NN)CC2. The van der Waals surface area contributed by atoms with Crippen molar-refractivity contribution in [3.63, 3.8) is 0 Å². The van der Waals surface area contributed by atoms with E-state index in [2.05, 4.69) is 29.9 Å². The maximum absolute atomic E-state index is 11.9. The second-order valence-electron chi connectivity index (χ2n) is 6.54. The molecule has 1 aromatic carbocycles. The van der Waals surface area contributed by atoms with Crippen molar-refractivity contribution in [2.45, 2.75) is 39.7 Å². The lowest BCUT2D eigenvalue weighted by atomic mass is 9.86. The maximum Gasteiger partial charge on any atom is 0.237 e. The van der Waals surface area contributed by atoms with Crippen molar-refractivity contribution < 1.29 is 4.79 Å². The minimum Gasteiger partial charge on any atom is -0.344 e. The van der Waals surface area contributed by atoms with E-state index >= 15 is 0 Å². The van der Waals surface area contributed by atoms with Gasteiger partial charge in [-0.05, 0) is 48.9 Å². The molecular weight excluding hydrogens is 298 g/mol. The van der Waals surface area contributed by atoms with E-state index < -0.39 is 0 Å². The lowest BCUT2D eigenvalue weighted by Gasteiger charge is -2.23. The van der Waals surface area contributed by atoms with Gasteiger partial charge in [0.2, 0.25) is 5.91 Å². The second-order valence-corrected chi connectivity index (χ2v) is 6.98. The van der Waals surface area contributed by atoms with Gasteiger partial charge in [-0.2, -0.15) is 0 Å². The maximum atomic E-state index is 11.9. The van der Waals surface area contributed by atoms with Gasteiger partial charge in [-0.15, -0.1) is 0 Å². The zero-order valence-corrected chi connectivity index (χ0v) is 13.8. The van der Waals surface area contributed by atoms with Crippen LogP contribution in [-0.2, 0) is 24.2 Å². The van der Waals surface area contributed by atoms with Crippen LogP contribution in [0.5, 0.6) is 0 Å². The summed E-state index contributed by atoms with van der Waals surface area (Å²) in [5.74, 6) is 5.76. The molecule has 0 radical (unpaired) electrons. The van der Waals surface area contributed by atoms with Gasteiger partial charge in [0.15, 0.2) is 0 Å². The van der Waals surface area contributed by atoms with Gasteiger partial charge in [0.05, 0.1) is 0 Å². The summed E-state index contributed by atoms with van der Waals surface area (Å²) in [6, 6.07) is 6.06. The summed E-state index contributed by atoms with van der Waals surface area (Å²) in [4.78, 5) is 11.9. The molecule has 5 heteroatoms. The lowest BCUT2D eigenvalue weighted by Crippen LogP contribution is -2.38. The molecule has 1 aliphatic rings. The van der Waals surface area contributed by atoms with Crippen LogP contribution in [0.25, 0.3) is 10.9 Å². The summed E-state index contributed by atoms with van der Waals surface area (Å²) in [5.41, 5.74) is 6.13. The fraction of sp³-hybridized carbons (Fsp3) is 0.471. The molecule has 0 saturated carbocycles. The average Bonchev–Trinajstić information content (AvgIpc) is 2.79. The predicted octanol–water partition coefficient (Wildman–Crippen LogP) is 3.05. The molecule has 3 rings (SSSR count). The van der Waals surface area contributed by atoms with Crippen molar-refractivity contribution in [3.8, 4) is 0 Å². The number of hydrogen-bond acceptors (Lipinski definition) is 2. The molecule has 1 unspecified atom stereocenters. The number of hydrazine groups is 1. The molecule has 0 bridgehead atoms. The number of hydrogen-bond donors (Lipinski definition) is 2. The van der Waals surface area contributed by atoms with Crippen LogP contribution >= 0.6 is 11.6 Å². The Kier molecular flexibility index (Phi) is 4.15. The van der Waals surface area contributed by atoms with E-state index in [1.54, 1.807) is 0 Å². The molecule has 0 aliphatic heterocycles. The molecule has 2 aromatic rings. The van der Waals surface area contributed by atoms with Crippen molar-refractivity contribution in [1.82, 2.24) is 9.99 Å². The summed E-state index contributed by atoms with van der Waals surface area (Å²) in [7, 11) is 0. The third-order valence-electron chi connectivity index (χ3n) is 4.49. The highest BCUT2D eigenvalue weighted by atomic mass is 35.5. The molecule has 0 spiro atoms. The zero-order valence-electron chi connectivity index (χ0n) is 13.0. The number of carbonyl (C=O) groups excluding carboxylic acids is 1. The third-order valence-corrected chi connectivity index (χ3v) is 4.72. The standard InChI is InChI=1S/C17H22ClN3O/c1-10(2)9-21-15-5-3-11(17(22)20-19)7-13(15)14-8-12(18)4-6-16(14)21/h4,6,8,10-11H,3,5,7,9,19H2,1-2H3,(H,20,22). The number of amides is 1.